The summed E-state index contributed by atoms with van der Waals surface area (Å²) in [7, 11) is 0. The summed E-state index contributed by atoms with van der Waals surface area (Å²) in [6, 6.07) is 0. The molecule has 7 heteroatoms. The molecule has 0 aromatic heterocycles. The van der Waals surface area contributed by atoms with Crippen molar-refractivity contribution in [3.63, 3.8) is 0 Å². The minimum Gasteiger partial charge on any atom is -0.481 e. The minimum atomic E-state index is -1.48. The number of rotatable bonds is 4. The first-order chi connectivity index (χ1) is 8.84. The van der Waals surface area contributed by atoms with E-state index in [1.54, 1.807) is 0 Å². The highest BCUT2D eigenvalue weighted by molar-refractivity contribution is 9.10. The lowest BCUT2D eigenvalue weighted by atomic mass is 9.90. The Kier molecular flexibility index (Phi) is 4.11. The van der Waals surface area contributed by atoms with Crippen molar-refractivity contribution in [3.8, 4) is 0 Å². The van der Waals surface area contributed by atoms with Gasteiger partial charge in [0.15, 0.2) is 17.5 Å². The van der Waals surface area contributed by atoms with E-state index in [0.717, 1.165) is 12.8 Å². The topological polar surface area (TPSA) is 37.3 Å². The third-order valence-corrected chi connectivity index (χ3v) is 4.31. The van der Waals surface area contributed by atoms with Gasteiger partial charge in [-0.25, -0.2) is 13.2 Å². The Morgan fingerprint density at radius 3 is 2.37 bits per heavy atom. The second kappa shape index (κ2) is 5.32. The van der Waals surface area contributed by atoms with E-state index in [0.29, 0.717) is 0 Å². The van der Waals surface area contributed by atoms with Gasteiger partial charge in [-0.05, 0) is 34.7 Å². The van der Waals surface area contributed by atoms with Crippen LogP contribution in [0, 0.1) is 23.4 Å². The number of halogens is 5. The van der Waals surface area contributed by atoms with Crippen LogP contribution in [0.3, 0.4) is 0 Å². The highest BCUT2D eigenvalue weighted by Gasteiger charge is 2.38. The van der Waals surface area contributed by atoms with Gasteiger partial charge in [0.25, 0.3) is 0 Å². The predicted octanol–water partition coefficient (Wildman–Crippen LogP) is 4.49. The monoisotopic (exact) mass is 356 g/mol. The van der Waals surface area contributed by atoms with Crippen LogP contribution in [0.2, 0.25) is 5.02 Å². The van der Waals surface area contributed by atoms with Gasteiger partial charge in [0.05, 0.1) is 10.9 Å². The molecule has 0 radical (unpaired) electrons. The van der Waals surface area contributed by atoms with E-state index >= 15 is 0 Å². The molecule has 0 amide bonds. The molecule has 1 saturated carbocycles. The molecule has 104 valence electrons. The van der Waals surface area contributed by atoms with Crippen molar-refractivity contribution in [1.82, 2.24) is 0 Å². The molecule has 1 N–H and O–H groups in total. The summed E-state index contributed by atoms with van der Waals surface area (Å²) in [5.74, 6) is -5.83. The zero-order valence-electron chi connectivity index (χ0n) is 9.52. The lowest BCUT2D eigenvalue weighted by molar-refractivity contribution is -0.137. The molecule has 0 spiro atoms. The lowest BCUT2D eigenvalue weighted by Gasteiger charge is -2.18. The molecular weight excluding hydrogens is 348 g/mol. The van der Waals surface area contributed by atoms with Crippen LogP contribution in [0.4, 0.5) is 13.2 Å². The third kappa shape index (κ3) is 2.74. The van der Waals surface area contributed by atoms with Crippen molar-refractivity contribution < 1.29 is 23.1 Å². The summed E-state index contributed by atoms with van der Waals surface area (Å²) in [6.45, 7) is 0. The Morgan fingerprint density at radius 1 is 1.32 bits per heavy atom. The maximum atomic E-state index is 13.9. The Bertz CT molecular complexity index is 517. The van der Waals surface area contributed by atoms with Gasteiger partial charge in [-0.15, -0.1) is 0 Å². The van der Waals surface area contributed by atoms with Gasteiger partial charge < -0.3 is 5.11 Å². The number of benzene rings is 1. The fraction of sp³-hybridized carbons (Fsp3) is 0.417. The molecule has 1 unspecified atom stereocenters. The minimum absolute atomic E-state index is 0.0677. The fourth-order valence-corrected chi connectivity index (χ4v) is 3.10. The van der Waals surface area contributed by atoms with Crippen LogP contribution in [0.1, 0.15) is 30.7 Å². The second-order valence-electron chi connectivity index (χ2n) is 4.53. The number of hydrogen-bond acceptors (Lipinski definition) is 1. The van der Waals surface area contributed by atoms with E-state index < -0.39 is 34.4 Å². The quantitative estimate of drug-likeness (QED) is 0.637. The van der Waals surface area contributed by atoms with Gasteiger partial charge >= 0.3 is 5.97 Å². The largest absolute Gasteiger partial charge is 0.481 e. The number of carboxylic acid groups (broad SMARTS) is 1. The maximum Gasteiger partial charge on any atom is 0.303 e. The zero-order chi connectivity index (χ0) is 14.3. The van der Waals surface area contributed by atoms with Gasteiger partial charge in [0.1, 0.15) is 5.02 Å². The van der Waals surface area contributed by atoms with Gasteiger partial charge in [-0.1, -0.05) is 11.6 Å². The summed E-state index contributed by atoms with van der Waals surface area (Å²) < 4.78 is 40.8. The number of aliphatic carboxylic acids is 1. The van der Waals surface area contributed by atoms with Crippen LogP contribution in [-0.2, 0) is 4.79 Å². The molecule has 1 atom stereocenters. The molecule has 1 aliphatic carbocycles. The molecule has 1 aromatic carbocycles. The summed E-state index contributed by atoms with van der Waals surface area (Å²) in [6.07, 6.45) is 1.06. The number of carboxylic acids is 1. The second-order valence-corrected chi connectivity index (χ2v) is 5.70. The van der Waals surface area contributed by atoms with Crippen molar-refractivity contribution in [1.29, 1.82) is 0 Å². The Hall–Kier alpha value is -0.750. The van der Waals surface area contributed by atoms with Gasteiger partial charge in [-0.2, -0.15) is 0 Å². The fourth-order valence-electron chi connectivity index (χ4n) is 2.14. The zero-order valence-corrected chi connectivity index (χ0v) is 11.9. The summed E-state index contributed by atoms with van der Waals surface area (Å²) in [4.78, 5) is 10.8. The molecule has 2 rings (SSSR count). The van der Waals surface area contributed by atoms with E-state index in [9.17, 15) is 18.0 Å². The number of hydrogen-bond donors (Lipinski definition) is 1. The van der Waals surface area contributed by atoms with Gasteiger partial charge in [0, 0.05) is 11.5 Å². The molecule has 19 heavy (non-hydrogen) atoms. The third-order valence-electron chi connectivity index (χ3n) is 3.20. The molecular formula is C12H9BrClF3O2. The molecule has 0 heterocycles. The average Bonchev–Trinajstić information content (AvgIpc) is 3.16. The maximum absolute atomic E-state index is 13.9. The first-order valence-corrected chi connectivity index (χ1v) is 6.74. The highest BCUT2D eigenvalue weighted by atomic mass is 79.9. The van der Waals surface area contributed by atoms with E-state index in [1.807, 2.05) is 0 Å². The van der Waals surface area contributed by atoms with E-state index in [1.165, 1.54) is 0 Å². The predicted molar refractivity (Wildman–Crippen MR) is 66.7 cm³/mol. The molecule has 0 saturated heterocycles. The van der Waals surface area contributed by atoms with E-state index in [2.05, 4.69) is 15.9 Å². The van der Waals surface area contributed by atoms with Crippen LogP contribution in [0.5, 0.6) is 0 Å². The van der Waals surface area contributed by atoms with E-state index in [-0.39, 0.29) is 22.4 Å². The van der Waals surface area contributed by atoms with Crippen LogP contribution in [-0.4, -0.2) is 11.1 Å². The molecule has 0 aliphatic heterocycles. The van der Waals surface area contributed by atoms with Crippen LogP contribution in [0.25, 0.3) is 0 Å². The van der Waals surface area contributed by atoms with Gasteiger partial charge in [0.2, 0.25) is 0 Å². The molecule has 2 nitrogen and oxygen atoms in total. The lowest BCUT2D eigenvalue weighted by Crippen LogP contribution is -2.13. The van der Waals surface area contributed by atoms with Crippen LogP contribution >= 0.6 is 27.5 Å². The summed E-state index contributed by atoms with van der Waals surface area (Å²) >= 11 is 8.17. The van der Waals surface area contributed by atoms with Crippen molar-refractivity contribution in [2.24, 2.45) is 5.92 Å². The molecule has 1 aliphatic rings. The van der Waals surface area contributed by atoms with Crippen LogP contribution < -0.4 is 0 Å². The van der Waals surface area contributed by atoms with Gasteiger partial charge in [-0.3, -0.25) is 4.79 Å². The average molecular weight is 358 g/mol. The van der Waals surface area contributed by atoms with Crippen molar-refractivity contribution in [3.05, 3.63) is 32.5 Å². The Morgan fingerprint density at radius 2 is 1.89 bits per heavy atom. The molecule has 1 fully saturated rings. The SMILES string of the molecule is O=C(O)CC(c1c(F)c(F)c(Cl)c(F)c1Br)C1CC1. The first-order valence-electron chi connectivity index (χ1n) is 5.57. The van der Waals surface area contributed by atoms with Crippen molar-refractivity contribution in [2.75, 3.05) is 0 Å². The number of carbonyl (C=O) groups is 1. The standard InChI is InChI=1S/C12H9BrClF3O2/c13-8-7(5(3-6(18)19)4-1-2-4)10(15)12(17)9(14)11(8)16/h4-5H,1-3H2,(H,18,19). The smallest absolute Gasteiger partial charge is 0.303 e. The summed E-state index contributed by atoms with van der Waals surface area (Å²) in [5.41, 5.74) is -0.274. The summed E-state index contributed by atoms with van der Waals surface area (Å²) in [5, 5.41) is 7.91. The van der Waals surface area contributed by atoms with Crippen molar-refractivity contribution >= 4 is 33.5 Å². The molecule has 1 aromatic rings. The molecule has 0 bridgehead atoms. The highest BCUT2D eigenvalue weighted by Crippen LogP contribution is 2.48. The first kappa shape index (κ1) is 14.7. The van der Waals surface area contributed by atoms with Crippen molar-refractivity contribution in [2.45, 2.75) is 25.2 Å². The normalized spacial score (nSPS) is 16.5. The Balaban J connectivity index is 2.56. The van der Waals surface area contributed by atoms with E-state index in [4.69, 9.17) is 16.7 Å². The Labute approximate surface area is 120 Å². The van der Waals surface area contributed by atoms with Crippen LogP contribution in [0.15, 0.2) is 4.47 Å².